The van der Waals surface area contributed by atoms with Crippen molar-refractivity contribution in [1.82, 2.24) is 5.43 Å². The van der Waals surface area contributed by atoms with E-state index < -0.39 is 28.3 Å². The van der Waals surface area contributed by atoms with Gasteiger partial charge in [0.15, 0.2) is 0 Å². The van der Waals surface area contributed by atoms with Gasteiger partial charge in [0.1, 0.15) is 5.69 Å². The Balaban J connectivity index is 2.22. The highest BCUT2D eigenvalue weighted by atomic mass is 19.4. The molecule has 0 aliphatic heterocycles. The third-order valence-electron chi connectivity index (χ3n) is 3.46. The Morgan fingerprint density at radius 2 is 1.80 bits per heavy atom. The van der Waals surface area contributed by atoms with Gasteiger partial charge in [-0.25, -0.2) is 0 Å². The van der Waals surface area contributed by atoms with E-state index in [0.717, 1.165) is 11.6 Å². The van der Waals surface area contributed by atoms with Gasteiger partial charge >= 0.3 is 6.18 Å². The summed E-state index contributed by atoms with van der Waals surface area (Å²) < 4.78 is 38.0. The number of nitrogens with one attached hydrogen (secondary N) is 2. The minimum Gasteiger partial charge on any atom is -0.292 e. The van der Waals surface area contributed by atoms with Crippen LogP contribution in [0.2, 0.25) is 0 Å². The Morgan fingerprint density at radius 1 is 1.12 bits per heavy atom. The molecule has 6 nitrogen and oxygen atoms in total. The molecule has 0 spiro atoms. The minimum absolute atomic E-state index is 0.254. The van der Waals surface area contributed by atoms with Gasteiger partial charge < -0.3 is 0 Å². The van der Waals surface area contributed by atoms with Crippen LogP contribution in [0.4, 0.5) is 24.5 Å². The van der Waals surface area contributed by atoms with E-state index in [1.54, 1.807) is 25.1 Å². The summed E-state index contributed by atoms with van der Waals surface area (Å²) in [5.74, 6) is -0.563. The number of nitrogens with zero attached hydrogens (tertiary/aromatic N) is 1. The first-order valence-electron chi connectivity index (χ1n) is 7.09. The Hall–Kier alpha value is -3.10. The molecule has 0 fully saturated rings. The first-order chi connectivity index (χ1) is 11.6. The van der Waals surface area contributed by atoms with Crippen molar-refractivity contribution in [1.29, 1.82) is 0 Å². The molecule has 0 unspecified atom stereocenters. The summed E-state index contributed by atoms with van der Waals surface area (Å²) in [6.07, 6.45) is -4.70. The summed E-state index contributed by atoms with van der Waals surface area (Å²) in [4.78, 5) is 22.2. The topological polar surface area (TPSA) is 84.3 Å². The van der Waals surface area contributed by atoms with Crippen LogP contribution in [0.5, 0.6) is 0 Å². The van der Waals surface area contributed by atoms with Crippen LogP contribution in [-0.4, -0.2) is 10.8 Å². The van der Waals surface area contributed by atoms with Crippen LogP contribution in [0, 0.1) is 24.0 Å². The summed E-state index contributed by atoms with van der Waals surface area (Å²) in [6.45, 7) is 3.58. The Labute approximate surface area is 140 Å². The quantitative estimate of drug-likeness (QED) is 0.643. The highest BCUT2D eigenvalue weighted by molar-refractivity contribution is 5.96. The van der Waals surface area contributed by atoms with E-state index in [4.69, 9.17) is 0 Å². The fourth-order valence-corrected chi connectivity index (χ4v) is 2.22. The maximum atomic E-state index is 12.7. The smallest absolute Gasteiger partial charge is 0.292 e. The molecule has 25 heavy (non-hydrogen) atoms. The van der Waals surface area contributed by atoms with Crippen LogP contribution in [0.3, 0.4) is 0 Å². The average molecular weight is 353 g/mol. The second-order valence-electron chi connectivity index (χ2n) is 5.38. The van der Waals surface area contributed by atoms with Gasteiger partial charge in [-0.15, -0.1) is 0 Å². The summed E-state index contributed by atoms with van der Waals surface area (Å²) in [6, 6.07) is 7.09. The van der Waals surface area contributed by atoms with E-state index in [1.165, 1.54) is 0 Å². The molecule has 1 amide bonds. The number of carbonyl (C=O) groups excluding carboxylic acids is 1. The largest absolute Gasteiger partial charge is 0.416 e. The van der Waals surface area contributed by atoms with Crippen LogP contribution >= 0.6 is 0 Å². The van der Waals surface area contributed by atoms with Crippen molar-refractivity contribution in [2.45, 2.75) is 20.0 Å². The fraction of sp³-hybridized carbons (Fsp3) is 0.188. The predicted molar refractivity (Wildman–Crippen MR) is 85.1 cm³/mol. The highest BCUT2D eigenvalue weighted by Gasteiger charge is 2.33. The number of hydrogen-bond donors (Lipinski definition) is 2. The molecule has 0 aliphatic rings. The van der Waals surface area contributed by atoms with Crippen LogP contribution < -0.4 is 10.9 Å². The van der Waals surface area contributed by atoms with E-state index in [9.17, 15) is 28.1 Å². The van der Waals surface area contributed by atoms with E-state index in [0.29, 0.717) is 23.3 Å². The number of nitro groups is 1. The Morgan fingerprint density at radius 3 is 2.36 bits per heavy atom. The van der Waals surface area contributed by atoms with Crippen molar-refractivity contribution >= 4 is 17.3 Å². The third-order valence-corrected chi connectivity index (χ3v) is 3.46. The molecule has 9 heteroatoms. The van der Waals surface area contributed by atoms with Gasteiger partial charge in [-0.2, -0.15) is 13.2 Å². The van der Waals surface area contributed by atoms with Crippen LogP contribution in [0.1, 0.15) is 27.0 Å². The molecule has 2 aromatic rings. The number of rotatable bonds is 4. The maximum absolute atomic E-state index is 12.7. The van der Waals surface area contributed by atoms with E-state index in [-0.39, 0.29) is 5.69 Å². The van der Waals surface area contributed by atoms with Gasteiger partial charge in [0.2, 0.25) is 0 Å². The van der Waals surface area contributed by atoms with Crippen molar-refractivity contribution < 1.29 is 22.9 Å². The van der Waals surface area contributed by atoms with Gasteiger partial charge in [0, 0.05) is 11.6 Å². The molecule has 2 N–H and O–H groups in total. The lowest BCUT2D eigenvalue weighted by atomic mass is 10.1. The lowest BCUT2D eigenvalue weighted by molar-refractivity contribution is -0.384. The van der Waals surface area contributed by atoms with Crippen LogP contribution in [0.15, 0.2) is 36.4 Å². The number of amides is 1. The van der Waals surface area contributed by atoms with Crippen molar-refractivity contribution in [3.05, 3.63) is 68.8 Å². The van der Waals surface area contributed by atoms with Crippen LogP contribution in [-0.2, 0) is 6.18 Å². The highest BCUT2D eigenvalue weighted by Crippen LogP contribution is 2.34. The van der Waals surface area contributed by atoms with Crippen molar-refractivity contribution in [2.75, 3.05) is 5.43 Å². The number of anilines is 1. The van der Waals surface area contributed by atoms with Gasteiger partial charge in [-0.05, 0) is 37.6 Å². The van der Waals surface area contributed by atoms with Gasteiger partial charge in [-0.1, -0.05) is 17.7 Å². The minimum atomic E-state index is -4.70. The first kappa shape index (κ1) is 18.2. The lowest BCUT2D eigenvalue weighted by Gasteiger charge is -2.12. The van der Waals surface area contributed by atoms with Gasteiger partial charge in [0.25, 0.3) is 11.6 Å². The molecule has 0 saturated heterocycles. The number of alkyl halides is 3. The third kappa shape index (κ3) is 4.25. The average Bonchev–Trinajstić information content (AvgIpc) is 2.51. The normalized spacial score (nSPS) is 11.1. The van der Waals surface area contributed by atoms with E-state index in [2.05, 4.69) is 10.9 Å². The molecule has 0 radical (unpaired) electrons. The SMILES string of the molecule is Cc1ccc(C(=O)NNc2ccc(C(F)(F)F)cc2[N+](=O)[O-])c(C)c1. The predicted octanol–water partition coefficient (Wildman–Crippen LogP) is 3.99. The number of hydrogen-bond acceptors (Lipinski definition) is 4. The number of carbonyl (C=O) groups is 1. The number of hydrazine groups is 1. The molecule has 0 aromatic heterocycles. The van der Waals surface area contributed by atoms with Crippen molar-refractivity contribution in [2.24, 2.45) is 0 Å². The zero-order valence-electron chi connectivity index (χ0n) is 13.3. The first-order valence-corrected chi connectivity index (χ1v) is 7.09. The number of nitro benzene ring substituents is 1. The van der Waals surface area contributed by atoms with Crippen molar-refractivity contribution in [3.8, 4) is 0 Å². The van der Waals surface area contributed by atoms with Gasteiger partial charge in [0.05, 0.1) is 10.5 Å². The van der Waals surface area contributed by atoms with Gasteiger partial charge in [-0.3, -0.25) is 25.8 Å². The number of benzene rings is 2. The standard InChI is InChI=1S/C16H14F3N3O3/c1-9-3-5-12(10(2)7-9)15(23)21-20-13-6-4-11(16(17,18)19)8-14(13)22(24)25/h3-8,20H,1-2H3,(H,21,23). The monoisotopic (exact) mass is 353 g/mol. The fourth-order valence-electron chi connectivity index (χ4n) is 2.22. The lowest BCUT2D eigenvalue weighted by Crippen LogP contribution is -2.30. The molecule has 0 heterocycles. The molecule has 0 saturated carbocycles. The second kappa shape index (κ2) is 6.80. The molecular weight excluding hydrogens is 339 g/mol. The second-order valence-corrected chi connectivity index (χ2v) is 5.38. The Kier molecular flexibility index (Phi) is 4.96. The zero-order chi connectivity index (χ0) is 18.8. The molecule has 132 valence electrons. The molecule has 0 bridgehead atoms. The zero-order valence-corrected chi connectivity index (χ0v) is 13.3. The summed E-state index contributed by atoms with van der Waals surface area (Å²) in [7, 11) is 0. The van der Waals surface area contributed by atoms with E-state index in [1.807, 2.05) is 6.92 Å². The number of aryl methyl sites for hydroxylation is 2. The molecule has 2 aromatic carbocycles. The Bertz CT molecular complexity index is 835. The molecule has 0 atom stereocenters. The summed E-state index contributed by atoms with van der Waals surface area (Å²) in [5, 5.41) is 11.0. The maximum Gasteiger partial charge on any atom is 0.416 e. The van der Waals surface area contributed by atoms with E-state index >= 15 is 0 Å². The number of halogens is 3. The van der Waals surface area contributed by atoms with Crippen LogP contribution in [0.25, 0.3) is 0 Å². The molecule has 2 rings (SSSR count). The van der Waals surface area contributed by atoms with Crippen molar-refractivity contribution in [3.63, 3.8) is 0 Å². The summed E-state index contributed by atoms with van der Waals surface area (Å²) >= 11 is 0. The molecule has 0 aliphatic carbocycles. The summed E-state index contributed by atoms with van der Waals surface area (Å²) in [5.41, 5.74) is 4.36. The molecular formula is C16H14F3N3O3.